The topological polar surface area (TPSA) is 105 Å². The van der Waals surface area contributed by atoms with E-state index in [-0.39, 0.29) is 5.91 Å². The number of ether oxygens (including phenoxy) is 1. The fourth-order valence-electron chi connectivity index (χ4n) is 3.85. The molecule has 0 bridgehead atoms. The van der Waals surface area contributed by atoms with E-state index in [1.54, 1.807) is 11.6 Å². The lowest BCUT2D eigenvalue weighted by atomic mass is 10.2. The number of carbonyl (C=O) groups excluding carboxylic acids is 1. The average Bonchev–Trinajstić information content (AvgIpc) is 3.18. The molecule has 4 rings (SSSR count). The van der Waals surface area contributed by atoms with E-state index < -0.39 is 11.2 Å². The maximum atomic E-state index is 12.7. The Hall–Kier alpha value is -3.40. The van der Waals surface area contributed by atoms with Crippen LogP contribution in [0, 0.1) is 0 Å². The molecule has 0 atom stereocenters. The highest BCUT2D eigenvalue weighted by atomic mass is 16.5. The Morgan fingerprint density at radius 1 is 1.13 bits per heavy atom. The minimum absolute atomic E-state index is 0.00365. The van der Waals surface area contributed by atoms with Crippen LogP contribution in [0.15, 0.2) is 39.9 Å². The van der Waals surface area contributed by atoms with Gasteiger partial charge in [-0.3, -0.25) is 19.1 Å². The van der Waals surface area contributed by atoms with Gasteiger partial charge in [-0.1, -0.05) is 18.2 Å². The van der Waals surface area contributed by atoms with Crippen LogP contribution in [-0.2, 0) is 18.3 Å². The number of aromatic amines is 1. The third kappa shape index (κ3) is 3.98. The van der Waals surface area contributed by atoms with Crippen LogP contribution in [0.2, 0.25) is 0 Å². The van der Waals surface area contributed by atoms with Crippen LogP contribution in [0.4, 0.5) is 5.95 Å². The van der Waals surface area contributed by atoms with Crippen LogP contribution in [-0.4, -0.2) is 69.3 Å². The van der Waals surface area contributed by atoms with Gasteiger partial charge in [-0.05, 0) is 19.1 Å². The first-order valence-corrected chi connectivity index (χ1v) is 10.4. The number of benzene rings is 1. The van der Waals surface area contributed by atoms with Crippen molar-refractivity contribution in [2.24, 2.45) is 7.05 Å². The van der Waals surface area contributed by atoms with Crippen LogP contribution in [0.3, 0.4) is 0 Å². The van der Waals surface area contributed by atoms with Crippen LogP contribution in [0.5, 0.6) is 0 Å². The van der Waals surface area contributed by atoms with Gasteiger partial charge < -0.3 is 19.1 Å². The van der Waals surface area contributed by atoms with Crippen LogP contribution < -0.4 is 16.1 Å². The Bertz CT molecular complexity index is 1190. The number of imidazole rings is 1. The molecule has 10 nitrogen and oxygen atoms in total. The normalized spacial score (nSPS) is 14.4. The van der Waals surface area contributed by atoms with Gasteiger partial charge in [0.25, 0.3) is 11.5 Å². The number of nitrogens with one attached hydrogen (secondary N) is 1. The highest BCUT2D eigenvalue weighted by Gasteiger charge is 2.27. The number of anilines is 1. The number of amides is 1. The Kier molecular flexibility index (Phi) is 5.90. The summed E-state index contributed by atoms with van der Waals surface area (Å²) >= 11 is 0. The molecular weight excluding hydrogens is 400 g/mol. The minimum Gasteiger partial charge on any atom is -0.380 e. The van der Waals surface area contributed by atoms with Crippen molar-refractivity contribution in [3.05, 3.63) is 56.7 Å². The summed E-state index contributed by atoms with van der Waals surface area (Å²) in [4.78, 5) is 48.2. The molecule has 3 aromatic rings. The van der Waals surface area contributed by atoms with Gasteiger partial charge >= 0.3 is 5.69 Å². The Morgan fingerprint density at radius 3 is 2.52 bits per heavy atom. The molecule has 1 aliphatic rings. The van der Waals surface area contributed by atoms with Crippen LogP contribution >= 0.6 is 0 Å². The van der Waals surface area contributed by atoms with E-state index in [1.807, 2.05) is 47.1 Å². The average molecular weight is 426 g/mol. The van der Waals surface area contributed by atoms with Gasteiger partial charge in [0, 0.05) is 51.9 Å². The predicted octanol–water partition coefficient (Wildman–Crippen LogP) is 0.422. The molecule has 0 saturated carbocycles. The number of hydrogen-bond donors (Lipinski definition) is 1. The second-order valence-electron chi connectivity index (χ2n) is 7.40. The van der Waals surface area contributed by atoms with Gasteiger partial charge in [-0.15, -0.1) is 0 Å². The number of aromatic nitrogens is 4. The van der Waals surface area contributed by atoms with Gasteiger partial charge in [-0.25, -0.2) is 4.79 Å². The molecule has 2 aromatic heterocycles. The number of hydrogen-bond acceptors (Lipinski definition) is 6. The molecule has 31 heavy (non-hydrogen) atoms. The van der Waals surface area contributed by atoms with E-state index in [1.165, 1.54) is 4.57 Å². The standard InChI is InChI=1S/C21H26N6O4/c1-3-31-14-13-27-16-17(24(2)21(30)23-18(16)28)22-20(27)26-11-9-25(10-12-26)19(29)15-7-5-4-6-8-15/h4-8H,3,9-14H2,1-2H3,(H,23,28,30). The zero-order valence-corrected chi connectivity index (χ0v) is 17.7. The van der Waals surface area contributed by atoms with Crippen molar-refractivity contribution in [1.82, 2.24) is 24.0 Å². The van der Waals surface area contributed by atoms with Crippen molar-refractivity contribution in [3.63, 3.8) is 0 Å². The fraction of sp³-hybridized carbons (Fsp3) is 0.429. The molecule has 1 aromatic carbocycles. The molecule has 10 heteroatoms. The number of fused-ring (bicyclic) bond motifs is 1. The maximum absolute atomic E-state index is 12.7. The summed E-state index contributed by atoms with van der Waals surface area (Å²) in [5.74, 6) is 0.608. The first-order valence-electron chi connectivity index (χ1n) is 10.4. The SMILES string of the molecule is CCOCCn1c(N2CCN(C(=O)c3ccccc3)CC2)nc2c1c(=O)[nH]c(=O)n2C. The van der Waals surface area contributed by atoms with Crippen molar-refractivity contribution in [2.45, 2.75) is 13.5 Å². The number of H-pyrrole nitrogens is 1. The van der Waals surface area contributed by atoms with Crippen LogP contribution in [0.25, 0.3) is 11.2 Å². The molecule has 0 aliphatic carbocycles. The highest BCUT2D eigenvalue weighted by molar-refractivity contribution is 5.94. The predicted molar refractivity (Wildman–Crippen MR) is 117 cm³/mol. The van der Waals surface area contributed by atoms with E-state index in [0.717, 1.165) is 0 Å². The van der Waals surface area contributed by atoms with E-state index in [2.05, 4.69) is 9.97 Å². The monoisotopic (exact) mass is 426 g/mol. The minimum atomic E-state index is -0.503. The number of carbonyl (C=O) groups is 1. The molecular formula is C21H26N6O4. The second-order valence-corrected chi connectivity index (χ2v) is 7.40. The van der Waals surface area contributed by atoms with Crippen molar-refractivity contribution in [2.75, 3.05) is 44.3 Å². The summed E-state index contributed by atoms with van der Waals surface area (Å²) in [5.41, 5.74) is 0.382. The summed E-state index contributed by atoms with van der Waals surface area (Å²) in [6.07, 6.45) is 0. The largest absolute Gasteiger partial charge is 0.380 e. The first-order chi connectivity index (χ1) is 15.0. The Labute approximate surface area is 178 Å². The molecule has 0 spiro atoms. The quantitative estimate of drug-likeness (QED) is 0.573. The molecule has 3 heterocycles. The zero-order chi connectivity index (χ0) is 22.0. The lowest BCUT2D eigenvalue weighted by Crippen LogP contribution is -2.49. The molecule has 0 radical (unpaired) electrons. The number of rotatable bonds is 6. The molecule has 164 valence electrons. The zero-order valence-electron chi connectivity index (χ0n) is 17.7. The number of aryl methyl sites for hydroxylation is 1. The Morgan fingerprint density at radius 2 is 1.84 bits per heavy atom. The summed E-state index contributed by atoms with van der Waals surface area (Å²) in [6.45, 7) is 5.55. The van der Waals surface area contributed by atoms with Gasteiger partial charge in [0.1, 0.15) is 0 Å². The third-order valence-corrected chi connectivity index (χ3v) is 5.52. The van der Waals surface area contributed by atoms with Crippen molar-refractivity contribution < 1.29 is 9.53 Å². The van der Waals surface area contributed by atoms with E-state index in [0.29, 0.717) is 68.6 Å². The molecule has 1 N–H and O–H groups in total. The summed E-state index contributed by atoms with van der Waals surface area (Å²) in [6, 6.07) is 9.22. The highest BCUT2D eigenvalue weighted by Crippen LogP contribution is 2.21. The van der Waals surface area contributed by atoms with Crippen molar-refractivity contribution in [3.8, 4) is 0 Å². The van der Waals surface area contributed by atoms with Gasteiger partial charge in [0.2, 0.25) is 5.95 Å². The molecule has 1 amide bonds. The van der Waals surface area contributed by atoms with E-state index in [9.17, 15) is 14.4 Å². The summed E-state index contributed by atoms with van der Waals surface area (Å²) in [7, 11) is 1.58. The summed E-state index contributed by atoms with van der Waals surface area (Å²) in [5, 5.41) is 0. The van der Waals surface area contributed by atoms with E-state index >= 15 is 0 Å². The second kappa shape index (κ2) is 8.76. The maximum Gasteiger partial charge on any atom is 0.329 e. The van der Waals surface area contributed by atoms with Gasteiger partial charge in [-0.2, -0.15) is 4.98 Å². The Balaban J connectivity index is 1.62. The fourth-order valence-corrected chi connectivity index (χ4v) is 3.85. The summed E-state index contributed by atoms with van der Waals surface area (Å²) < 4.78 is 8.63. The third-order valence-electron chi connectivity index (χ3n) is 5.52. The van der Waals surface area contributed by atoms with Crippen molar-refractivity contribution >= 4 is 23.0 Å². The number of piperazine rings is 1. The first kappa shape index (κ1) is 20.9. The molecule has 0 unspecified atom stereocenters. The smallest absolute Gasteiger partial charge is 0.329 e. The van der Waals surface area contributed by atoms with Gasteiger partial charge in [0.15, 0.2) is 11.2 Å². The van der Waals surface area contributed by atoms with E-state index in [4.69, 9.17) is 4.74 Å². The lowest BCUT2D eigenvalue weighted by molar-refractivity contribution is 0.0746. The number of nitrogens with zero attached hydrogens (tertiary/aromatic N) is 5. The van der Waals surface area contributed by atoms with Gasteiger partial charge in [0.05, 0.1) is 6.61 Å². The molecule has 1 aliphatic heterocycles. The lowest BCUT2D eigenvalue weighted by Gasteiger charge is -2.35. The van der Waals surface area contributed by atoms with Crippen LogP contribution in [0.1, 0.15) is 17.3 Å². The molecule has 1 saturated heterocycles. The van der Waals surface area contributed by atoms with Crippen molar-refractivity contribution in [1.29, 1.82) is 0 Å². The molecule has 1 fully saturated rings.